The van der Waals surface area contributed by atoms with Crippen molar-refractivity contribution >= 4 is 23.3 Å². The summed E-state index contributed by atoms with van der Waals surface area (Å²) in [6, 6.07) is 10.4. The van der Waals surface area contributed by atoms with Crippen molar-refractivity contribution in [2.45, 2.75) is 17.2 Å². The molecule has 5 heteroatoms. The smallest absolute Gasteiger partial charge is 0.170 e. The number of nitrogens with zero attached hydrogens (tertiary/aromatic N) is 2. The van der Waals surface area contributed by atoms with E-state index in [9.17, 15) is 0 Å². The molecule has 2 N–H and O–H groups in total. The zero-order valence-corrected chi connectivity index (χ0v) is 11.3. The van der Waals surface area contributed by atoms with E-state index in [1.807, 2.05) is 13.0 Å². The first kappa shape index (κ1) is 12.5. The first-order valence-corrected chi connectivity index (χ1v) is 7.23. The van der Waals surface area contributed by atoms with E-state index < -0.39 is 0 Å². The summed E-state index contributed by atoms with van der Waals surface area (Å²) in [6.07, 6.45) is 0. The maximum absolute atomic E-state index is 5.83. The first-order valence-electron chi connectivity index (χ1n) is 5.47. The molecule has 0 saturated heterocycles. The van der Waals surface area contributed by atoms with Crippen LogP contribution in [0.25, 0.3) is 0 Å². The lowest BCUT2D eigenvalue weighted by molar-refractivity contribution is 0.785. The molecule has 0 saturated carbocycles. The highest BCUT2D eigenvalue weighted by molar-refractivity contribution is 8.00. The van der Waals surface area contributed by atoms with Crippen LogP contribution in [-0.2, 0) is 0 Å². The lowest BCUT2D eigenvalue weighted by atomic mass is 10.0. The van der Waals surface area contributed by atoms with E-state index in [0.29, 0.717) is 12.5 Å². The van der Waals surface area contributed by atoms with Crippen molar-refractivity contribution in [1.82, 2.24) is 9.36 Å². The van der Waals surface area contributed by atoms with Crippen LogP contribution in [0.15, 0.2) is 34.7 Å². The van der Waals surface area contributed by atoms with Crippen molar-refractivity contribution < 1.29 is 0 Å². The van der Waals surface area contributed by atoms with Gasteiger partial charge in [-0.1, -0.05) is 42.1 Å². The zero-order valence-electron chi connectivity index (χ0n) is 9.67. The molecule has 1 aromatic carbocycles. The van der Waals surface area contributed by atoms with Gasteiger partial charge in [0.15, 0.2) is 4.34 Å². The van der Waals surface area contributed by atoms with Gasteiger partial charge in [0.25, 0.3) is 0 Å². The molecule has 1 aromatic heterocycles. The highest BCUT2D eigenvalue weighted by Gasteiger charge is 2.11. The fourth-order valence-electron chi connectivity index (χ4n) is 1.53. The second-order valence-electron chi connectivity index (χ2n) is 3.76. The van der Waals surface area contributed by atoms with Crippen molar-refractivity contribution in [2.75, 3.05) is 12.3 Å². The topological polar surface area (TPSA) is 51.8 Å². The molecule has 2 rings (SSSR count). The summed E-state index contributed by atoms with van der Waals surface area (Å²) in [7, 11) is 0. The molecule has 1 atom stereocenters. The van der Waals surface area contributed by atoms with Crippen LogP contribution >= 0.6 is 23.3 Å². The van der Waals surface area contributed by atoms with Crippen LogP contribution in [0.2, 0.25) is 0 Å². The Balaban J connectivity index is 1.97. The standard InChI is InChI=1S/C12H15N3S2/c1-9-14-12(17-15-9)16-8-11(7-13)10-5-3-2-4-6-10/h2-6,11H,7-8,13H2,1H3. The van der Waals surface area contributed by atoms with E-state index in [1.54, 1.807) is 11.8 Å². The van der Waals surface area contributed by atoms with Gasteiger partial charge in [0.05, 0.1) is 0 Å². The lowest BCUT2D eigenvalue weighted by Gasteiger charge is -2.13. The van der Waals surface area contributed by atoms with Gasteiger partial charge in [-0.15, -0.1) is 0 Å². The molecule has 1 heterocycles. The predicted molar refractivity (Wildman–Crippen MR) is 73.6 cm³/mol. The van der Waals surface area contributed by atoms with Gasteiger partial charge in [-0.05, 0) is 30.6 Å². The van der Waals surface area contributed by atoms with Crippen LogP contribution in [0.3, 0.4) is 0 Å². The van der Waals surface area contributed by atoms with Crippen molar-refractivity contribution in [3.05, 3.63) is 41.7 Å². The molecule has 0 bridgehead atoms. The third-order valence-corrected chi connectivity index (χ3v) is 4.56. The Hall–Kier alpha value is -0.910. The second-order valence-corrected chi connectivity index (χ2v) is 5.78. The average molecular weight is 265 g/mol. The van der Waals surface area contributed by atoms with Crippen LogP contribution in [0.4, 0.5) is 0 Å². The normalized spacial score (nSPS) is 12.6. The molecule has 0 amide bonds. The van der Waals surface area contributed by atoms with E-state index in [1.165, 1.54) is 17.1 Å². The molecular weight excluding hydrogens is 250 g/mol. The first-order chi connectivity index (χ1) is 8.29. The molecule has 0 aliphatic rings. The van der Waals surface area contributed by atoms with Crippen LogP contribution in [0.1, 0.15) is 17.3 Å². The summed E-state index contributed by atoms with van der Waals surface area (Å²) in [5, 5.41) is 0. The van der Waals surface area contributed by atoms with Gasteiger partial charge >= 0.3 is 0 Å². The van der Waals surface area contributed by atoms with Crippen LogP contribution in [-0.4, -0.2) is 21.7 Å². The Morgan fingerprint density at radius 3 is 2.71 bits per heavy atom. The number of nitrogens with two attached hydrogens (primary N) is 1. The molecule has 0 spiro atoms. The van der Waals surface area contributed by atoms with Gasteiger partial charge in [-0.3, -0.25) is 0 Å². The third-order valence-electron chi connectivity index (χ3n) is 2.47. The molecule has 0 radical (unpaired) electrons. The Morgan fingerprint density at radius 1 is 1.35 bits per heavy atom. The SMILES string of the molecule is Cc1nsc(SCC(CN)c2ccccc2)n1. The van der Waals surface area contributed by atoms with E-state index in [2.05, 4.69) is 33.6 Å². The van der Waals surface area contributed by atoms with E-state index in [0.717, 1.165) is 15.9 Å². The summed E-state index contributed by atoms with van der Waals surface area (Å²) in [5.41, 5.74) is 7.12. The number of aromatic nitrogens is 2. The molecule has 2 aromatic rings. The van der Waals surface area contributed by atoms with Gasteiger partial charge in [-0.2, -0.15) is 4.37 Å². The van der Waals surface area contributed by atoms with Gasteiger partial charge < -0.3 is 5.73 Å². The number of hydrogen-bond acceptors (Lipinski definition) is 5. The quantitative estimate of drug-likeness (QED) is 0.845. The van der Waals surface area contributed by atoms with Gasteiger partial charge in [0.2, 0.25) is 0 Å². The number of thioether (sulfide) groups is 1. The minimum absolute atomic E-state index is 0.380. The Morgan fingerprint density at radius 2 is 2.12 bits per heavy atom. The van der Waals surface area contributed by atoms with Crippen molar-refractivity contribution in [1.29, 1.82) is 0 Å². The number of hydrogen-bond donors (Lipinski definition) is 1. The summed E-state index contributed by atoms with van der Waals surface area (Å²) in [4.78, 5) is 4.34. The fourth-order valence-corrected chi connectivity index (χ4v) is 3.35. The number of aryl methyl sites for hydroxylation is 1. The average Bonchev–Trinajstić information content (AvgIpc) is 2.77. The van der Waals surface area contributed by atoms with E-state index in [4.69, 9.17) is 5.73 Å². The minimum atomic E-state index is 0.380. The maximum atomic E-state index is 5.83. The summed E-state index contributed by atoms with van der Waals surface area (Å²) in [5.74, 6) is 2.18. The van der Waals surface area contributed by atoms with Crippen molar-refractivity contribution in [3.63, 3.8) is 0 Å². The van der Waals surface area contributed by atoms with Crippen LogP contribution in [0.5, 0.6) is 0 Å². The highest BCUT2D eigenvalue weighted by atomic mass is 32.2. The number of rotatable bonds is 5. The Kier molecular flexibility index (Phi) is 4.53. The molecule has 0 aliphatic heterocycles. The predicted octanol–water partition coefficient (Wildman–Crippen LogP) is 2.68. The monoisotopic (exact) mass is 265 g/mol. The molecule has 0 fully saturated rings. The molecule has 1 unspecified atom stereocenters. The van der Waals surface area contributed by atoms with E-state index >= 15 is 0 Å². The Bertz CT molecular complexity index is 456. The van der Waals surface area contributed by atoms with Gasteiger partial charge in [0.1, 0.15) is 5.82 Å². The summed E-state index contributed by atoms with van der Waals surface area (Å²) in [6.45, 7) is 2.58. The van der Waals surface area contributed by atoms with Crippen molar-refractivity contribution in [3.8, 4) is 0 Å². The molecular formula is C12H15N3S2. The van der Waals surface area contributed by atoms with Crippen LogP contribution < -0.4 is 5.73 Å². The van der Waals surface area contributed by atoms with E-state index in [-0.39, 0.29) is 0 Å². The zero-order chi connectivity index (χ0) is 12.1. The maximum Gasteiger partial charge on any atom is 0.170 e. The molecule has 3 nitrogen and oxygen atoms in total. The lowest BCUT2D eigenvalue weighted by Crippen LogP contribution is -2.14. The van der Waals surface area contributed by atoms with Gasteiger partial charge in [-0.25, -0.2) is 4.98 Å². The summed E-state index contributed by atoms with van der Waals surface area (Å²) < 4.78 is 5.20. The molecule has 0 aliphatic carbocycles. The van der Waals surface area contributed by atoms with Crippen molar-refractivity contribution in [2.24, 2.45) is 5.73 Å². The summed E-state index contributed by atoms with van der Waals surface area (Å²) >= 11 is 3.19. The van der Waals surface area contributed by atoms with Crippen LogP contribution in [0, 0.1) is 6.92 Å². The van der Waals surface area contributed by atoms with Gasteiger partial charge in [0, 0.05) is 11.7 Å². The third kappa shape index (κ3) is 3.52. The molecule has 90 valence electrons. The largest absolute Gasteiger partial charge is 0.330 e. The molecule has 17 heavy (non-hydrogen) atoms. The fraction of sp³-hybridized carbons (Fsp3) is 0.333. The highest BCUT2D eigenvalue weighted by Crippen LogP contribution is 2.26. The Labute approximate surface area is 110 Å². The second kappa shape index (κ2) is 6.14. The minimum Gasteiger partial charge on any atom is -0.330 e. The number of benzene rings is 1.